The van der Waals surface area contributed by atoms with Crippen LogP contribution >= 0.6 is 23.2 Å². The molecule has 0 unspecified atom stereocenters. The van der Waals surface area contributed by atoms with E-state index < -0.39 is 0 Å². The molecule has 4 nitrogen and oxygen atoms in total. The largest absolute Gasteiger partial charge is 0.347 e. The van der Waals surface area contributed by atoms with E-state index in [4.69, 9.17) is 23.2 Å². The fraction of sp³-hybridized carbons (Fsp3) is 0.0833. The van der Waals surface area contributed by atoms with Crippen LogP contribution in [0.4, 0.5) is 0 Å². The molecular formula is C12H9Cl2N3O. The highest BCUT2D eigenvalue weighted by molar-refractivity contribution is 6.34. The molecule has 0 aliphatic rings. The van der Waals surface area contributed by atoms with Crippen LogP contribution in [0.5, 0.6) is 0 Å². The summed E-state index contributed by atoms with van der Waals surface area (Å²) in [5.74, 6) is -0.369. The fourth-order valence-electron chi connectivity index (χ4n) is 1.35. The molecule has 0 aliphatic carbocycles. The van der Waals surface area contributed by atoms with Gasteiger partial charge in [-0.3, -0.25) is 9.78 Å². The van der Waals surface area contributed by atoms with Crippen LogP contribution in [0.15, 0.2) is 36.7 Å². The molecule has 0 saturated heterocycles. The van der Waals surface area contributed by atoms with Gasteiger partial charge in [0, 0.05) is 18.9 Å². The predicted octanol–water partition coefficient (Wildman–Crippen LogP) is 2.71. The highest BCUT2D eigenvalue weighted by atomic mass is 35.5. The Morgan fingerprint density at radius 3 is 2.83 bits per heavy atom. The summed E-state index contributed by atoms with van der Waals surface area (Å²) in [6.07, 6.45) is 3.34. The van der Waals surface area contributed by atoms with Gasteiger partial charge in [0.25, 0.3) is 5.91 Å². The summed E-state index contributed by atoms with van der Waals surface area (Å²) in [6, 6.07) is 6.73. The monoisotopic (exact) mass is 281 g/mol. The second-order valence-electron chi connectivity index (χ2n) is 3.51. The number of hydrogen-bond donors (Lipinski definition) is 1. The molecule has 0 bridgehead atoms. The van der Waals surface area contributed by atoms with Crippen LogP contribution in [0.1, 0.15) is 16.1 Å². The number of pyridine rings is 2. The molecule has 2 aromatic heterocycles. The van der Waals surface area contributed by atoms with Gasteiger partial charge in [-0.25, -0.2) is 4.98 Å². The lowest BCUT2D eigenvalue weighted by Crippen LogP contribution is -2.24. The lowest BCUT2D eigenvalue weighted by molar-refractivity contribution is 0.0946. The number of aromatic nitrogens is 2. The van der Waals surface area contributed by atoms with Gasteiger partial charge in [-0.05, 0) is 23.8 Å². The Bertz CT molecular complexity index is 561. The molecule has 0 radical (unpaired) electrons. The molecule has 0 fully saturated rings. The smallest absolute Gasteiger partial charge is 0.271 e. The van der Waals surface area contributed by atoms with Gasteiger partial charge in [-0.1, -0.05) is 29.3 Å². The quantitative estimate of drug-likeness (QED) is 0.881. The van der Waals surface area contributed by atoms with Gasteiger partial charge in [0.15, 0.2) is 0 Å². The normalized spacial score (nSPS) is 10.1. The standard InChI is InChI=1S/C12H9Cl2N3O/c13-9-3-4-10(14)17-11(9)12(18)16-7-8-2-1-5-15-6-8/h1-6H,7H2,(H,16,18). The Morgan fingerprint density at radius 1 is 1.28 bits per heavy atom. The summed E-state index contributed by atoms with van der Waals surface area (Å²) in [6.45, 7) is 0.358. The van der Waals surface area contributed by atoms with Gasteiger partial charge >= 0.3 is 0 Å². The number of amides is 1. The molecule has 1 N–H and O–H groups in total. The first-order valence-corrected chi connectivity index (χ1v) is 5.91. The third-order valence-electron chi connectivity index (χ3n) is 2.20. The number of carbonyl (C=O) groups excluding carboxylic acids is 1. The predicted molar refractivity (Wildman–Crippen MR) is 69.7 cm³/mol. The van der Waals surface area contributed by atoms with Crippen LogP contribution < -0.4 is 5.32 Å². The molecule has 0 atom stereocenters. The van der Waals surface area contributed by atoms with E-state index in [0.717, 1.165) is 5.56 Å². The number of carbonyl (C=O) groups is 1. The maximum atomic E-state index is 11.9. The van der Waals surface area contributed by atoms with E-state index in [1.165, 1.54) is 12.1 Å². The molecule has 6 heteroatoms. The zero-order valence-corrected chi connectivity index (χ0v) is 10.7. The molecular weight excluding hydrogens is 273 g/mol. The zero-order valence-electron chi connectivity index (χ0n) is 9.23. The summed E-state index contributed by atoms with van der Waals surface area (Å²) in [5, 5.41) is 3.19. The Hall–Kier alpha value is -1.65. The van der Waals surface area contributed by atoms with E-state index in [2.05, 4.69) is 15.3 Å². The molecule has 0 aromatic carbocycles. The van der Waals surface area contributed by atoms with Gasteiger partial charge in [-0.2, -0.15) is 0 Å². The van der Waals surface area contributed by atoms with Crippen LogP contribution in [0.2, 0.25) is 10.2 Å². The maximum absolute atomic E-state index is 11.9. The van der Waals surface area contributed by atoms with Crippen molar-refractivity contribution in [2.75, 3.05) is 0 Å². The summed E-state index contributed by atoms with van der Waals surface area (Å²) in [7, 11) is 0. The van der Waals surface area contributed by atoms with Gasteiger partial charge in [0.2, 0.25) is 0 Å². The molecule has 2 heterocycles. The van der Waals surface area contributed by atoms with E-state index in [0.29, 0.717) is 6.54 Å². The van der Waals surface area contributed by atoms with Crippen LogP contribution in [0.3, 0.4) is 0 Å². The van der Waals surface area contributed by atoms with Crippen molar-refractivity contribution in [3.8, 4) is 0 Å². The van der Waals surface area contributed by atoms with Crippen LogP contribution in [0, 0.1) is 0 Å². The maximum Gasteiger partial charge on any atom is 0.271 e. The summed E-state index contributed by atoms with van der Waals surface area (Å²) >= 11 is 11.6. The first kappa shape index (κ1) is 12.8. The molecule has 2 aromatic rings. The highest BCUT2D eigenvalue weighted by Gasteiger charge is 2.12. The van der Waals surface area contributed by atoms with E-state index in [-0.39, 0.29) is 21.8 Å². The first-order valence-electron chi connectivity index (χ1n) is 5.16. The fourth-order valence-corrected chi connectivity index (χ4v) is 1.68. The minimum atomic E-state index is -0.369. The Kier molecular flexibility index (Phi) is 4.12. The van der Waals surface area contributed by atoms with Crippen LogP contribution in [-0.2, 0) is 6.54 Å². The van der Waals surface area contributed by atoms with Crippen molar-refractivity contribution in [2.24, 2.45) is 0 Å². The zero-order chi connectivity index (χ0) is 13.0. The lowest BCUT2D eigenvalue weighted by Gasteiger charge is -2.06. The van der Waals surface area contributed by atoms with Gasteiger partial charge in [0.1, 0.15) is 10.8 Å². The van der Waals surface area contributed by atoms with Crippen molar-refractivity contribution in [3.05, 3.63) is 58.1 Å². The molecule has 92 valence electrons. The molecule has 0 saturated carbocycles. The number of halogens is 2. The van der Waals surface area contributed by atoms with Crippen molar-refractivity contribution in [1.82, 2.24) is 15.3 Å². The van der Waals surface area contributed by atoms with Crippen molar-refractivity contribution < 1.29 is 4.79 Å². The number of nitrogens with zero attached hydrogens (tertiary/aromatic N) is 2. The number of nitrogens with one attached hydrogen (secondary N) is 1. The van der Waals surface area contributed by atoms with Crippen LogP contribution in [0.25, 0.3) is 0 Å². The minimum Gasteiger partial charge on any atom is -0.347 e. The van der Waals surface area contributed by atoms with Crippen molar-refractivity contribution in [2.45, 2.75) is 6.54 Å². The minimum absolute atomic E-state index is 0.119. The third kappa shape index (κ3) is 3.18. The second kappa shape index (κ2) is 5.80. The van der Waals surface area contributed by atoms with Crippen LogP contribution in [-0.4, -0.2) is 15.9 Å². The molecule has 1 amide bonds. The van der Waals surface area contributed by atoms with Gasteiger partial charge in [-0.15, -0.1) is 0 Å². The Morgan fingerprint density at radius 2 is 2.11 bits per heavy atom. The number of rotatable bonds is 3. The number of hydrogen-bond acceptors (Lipinski definition) is 3. The third-order valence-corrected chi connectivity index (χ3v) is 2.72. The summed E-state index contributed by atoms with van der Waals surface area (Å²) in [5.41, 5.74) is 1.01. The highest BCUT2D eigenvalue weighted by Crippen LogP contribution is 2.16. The SMILES string of the molecule is O=C(NCc1cccnc1)c1nc(Cl)ccc1Cl. The van der Waals surface area contributed by atoms with E-state index in [9.17, 15) is 4.79 Å². The van der Waals surface area contributed by atoms with E-state index >= 15 is 0 Å². The first-order chi connectivity index (χ1) is 8.66. The molecule has 2 rings (SSSR count). The average Bonchev–Trinajstić information content (AvgIpc) is 2.40. The van der Waals surface area contributed by atoms with Gasteiger partial charge < -0.3 is 5.32 Å². The van der Waals surface area contributed by atoms with Crippen molar-refractivity contribution in [1.29, 1.82) is 0 Å². The van der Waals surface area contributed by atoms with Crippen molar-refractivity contribution >= 4 is 29.1 Å². The van der Waals surface area contributed by atoms with E-state index in [1.54, 1.807) is 18.5 Å². The Balaban J connectivity index is 2.06. The summed E-state index contributed by atoms with van der Waals surface area (Å²) in [4.78, 5) is 19.7. The summed E-state index contributed by atoms with van der Waals surface area (Å²) < 4.78 is 0. The Labute approximate surface area is 114 Å². The van der Waals surface area contributed by atoms with E-state index in [1.807, 2.05) is 6.07 Å². The second-order valence-corrected chi connectivity index (χ2v) is 4.30. The van der Waals surface area contributed by atoms with Gasteiger partial charge in [0.05, 0.1) is 5.02 Å². The van der Waals surface area contributed by atoms with Crippen molar-refractivity contribution in [3.63, 3.8) is 0 Å². The lowest BCUT2D eigenvalue weighted by atomic mass is 10.2. The average molecular weight is 282 g/mol. The molecule has 18 heavy (non-hydrogen) atoms. The topological polar surface area (TPSA) is 54.9 Å². The molecule has 0 aliphatic heterocycles. The molecule has 0 spiro atoms.